The second kappa shape index (κ2) is 10.5. The molecule has 0 radical (unpaired) electrons. The Morgan fingerprint density at radius 2 is 1.82 bits per heavy atom. The molecule has 0 atom stereocenters. The molecule has 0 unspecified atom stereocenters. The number of carbonyl (C=O) groups is 1. The fourth-order valence-electron chi connectivity index (χ4n) is 3.25. The third kappa shape index (κ3) is 5.86. The average Bonchev–Trinajstić information content (AvgIpc) is 3.13. The van der Waals surface area contributed by atoms with Crippen molar-refractivity contribution >= 4 is 57.7 Å². The number of nitrogens with zero attached hydrogens (tertiary/aromatic N) is 4. The van der Waals surface area contributed by atoms with E-state index < -0.39 is 53.8 Å². The summed E-state index contributed by atoms with van der Waals surface area (Å²) in [6.45, 7) is -1.12. The molecule has 200 valence electrons. The van der Waals surface area contributed by atoms with Gasteiger partial charge in [-0.3, -0.25) is 9.36 Å². The Balaban J connectivity index is 1.73. The van der Waals surface area contributed by atoms with Gasteiger partial charge in [-0.15, -0.1) is 0 Å². The minimum absolute atomic E-state index is 0.0652. The van der Waals surface area contributed by atoms with Gasteiger partial charge in [0.2, 0.25) is 11.8 Å². The van der Waals surface area contributed by atoms with Crippen LogP contribution in [0.3, 0.4) is 0 Å². The van der Waals surface area contributed by atoms with Gasteiger partial charge in [0.05, 0.1) is 21.3 Å². The first-order valence-electron chi connectivity index (χ1n) is 10.4. The predicted octanol–water partition coefficient (Wildman–Crippen LogP) is 6.47. The van der Waals surface area contributed by atoms with Gasteiger partial charge in [0.1, 0.15) is 22.7 Å². The topological polar surface area (TPSA) is 94.0 Å². The van der Waals surface area contributed by atoms with Gasteiger partial charge in [0.25, 0.3) is 12.3 Å². The van der Waals surface area contributed by atoms with Crippen molar-refractivity contribution in [3.8, 4) is 5.88 Å². The fourth-order valence-corrected chi connectivity index (χ4v) is 3.81. The number of ether oxygens (including phenoxy) is 1. The zero-order valence-corrected chi connectivity index (χ0v) is 20.4. The molecule has 3 aromatic heterocycles. The van der Waals surface area contributed by atoms with Crippen LogP contribution in [-0.2, 0) is 13.2 Å². The number of alkyl halides is 5. The van der Waals surface area contributed by atoms with Gasteiger partial charge >= 0.3 is 6.18 Å². The quantitative estimate of drug-likeness (QED) is 0.244. The number of benzene rings is 1. The summed E-state index contributed by atoms with van der Waals surface area (Å²) in [5.41, 5.74) is -1.23. The third-order valence-corrected chi connectivity index (χ3v) is 5.57. The van der Waals surface area contributed by atoms with Crippen LogP contribution in [0.5, 0.6) is 5.88 Å². The average molecular weight is 579 g/mol. The summed E-state index contributed by atoms with van der Waals surface area (Å²) in [7, 11) is 1.49. The number of halogens is 8. The highest BCUT2D eigenvalue weighted by Crippen LogP contribution is 2.35. The highest BCUT2D eigenvalue weighted by Gasteiger charge is 2.31. The van der Waals surface area contributed by atoms with Crippen molar-refractivity contribution in [2.45, 2.75) is 12.6 Å². The molecule has 16 heteroatoms. The van der Waals surface area contributed by atoms with Crippen LogP contribution in [0, 0.1) is 5.82 Å². The van der Waals surface area contributed by atoms with Gasteiger partial charge in [-0.1, -0.05) is 23.2 Å². The number of rotatable bonds is 7. The van der Waals surface area contributed by atoms with Gasteiger partial charge in [-0.25, -0.2) is 23.1 Å². The summed E-state index contributed by atoms with van der Waals surface area (Å²) in [6, 6.07) is 4.48. The molecule has 3 heterocycles. The molecule has 0 saturated carbocycles. The zero-order valence-electron chi connectivity index (χ0n) is 18.9. The zero-order chi connectivity index (χ0) is 27.8. The normalized spacial score (nSPS) is 11.7. The summed E-state index contributed by atoms with van der Waals surface area (Å²) in [5.74, 6) is -2.63. The Kier molecular flexibility index (Phi) is 7.56. The first-order valence-corrected chi connectivity index (χ1v) is 11.1. The molecule has 4 rings (SSSR count). The lowest BCUT2D eigenvalue weighted by Crippen LogP contribution is -2.18. The molecule has 4 aromatic rings. The fraction of sp³-hybridized carbons (Fsp3) is 0.182. The van der Waals surface area contributed by atoms with Crippen molar-refractivity contribution in [3.63, 3.8) is 0 Å². The maximum Gasteiger partial charge on any atom is 0.416 e. The van der Waals surface area contributed by atoms with Crippen LogP contribution in [0.4, 0.5) is 43.8 Å². The van der Waals surface area contributed by atoms with Crippen molar-refractivity contribution in [2.75, 3.05) is 17.2 Å². The number of imidazole rings is 1. The molecule has 1 aromatic carbocycles. The van der Waals surface area contributed by atoms with Gasteiger partial charge in [0, 0.05) is 13.2 Å². The van der Waals surface area contributed by atoms with Crippen molar-refractivity contribution < 1.29 is 35.9 Å². The van der Waals surface area contributed by atoms with Gasteiger partial charge in [-0.2, -0.15) is 18.2 Å². The van der Waals surface area contributed by atoms with Crippen molar-refractivity contribution in [2.24, 2.45) is 7.05 Å². The summed E-state index contributed by atoms with van der Waals surface area (Å²) >= 11 is 12.1. The minimum Gasteiger partial charge on any atom is -0.471 e. The minimum atomic E-state index is -4.69. The lowest BCUT2D eigenvalue weighted by atomic mass is 10.2. The Morgan fingerprint density at radius 1 is 1.13 bits per heavy atom. The van der Waals surface area contributed by atoms with Gasteiger partial charge in [0.15, 0.2) is 12.3 Å². The van der Waals surface area contributed by atoms with Crippen LogP contribution >= 0.6 is 23.2 Å². The standard InChI is InChI=1S/C22H14Cl2F6N6O2/c1-36-18-14(32-21(36)34-17-12(23)5-10(25)6-13(17)24)7-11(20(35-18)38-8-15(26)27)19(37)33-16-4-9(2-3-31-16)22(28,29)30/h2-7,15H,8H2,1H3,(H,32,34)(H,31,33,37). The molecule has 0 aliphatic rings. The number of hydrogen-bond acceptors (Lipinski definition) is 6. The Bertz CT molecular complexity index is 1510. The lowest BCUT2D eigenvalue weighted by molar-refractivity contribution is -0.137. The predicted molar refractivity (Wildman–Crippen MR) is 127 cm³/mol. The number of nitrogens with one attached hydrogen (secondary N) is 2. The Labute approximate surface area is 219 Å². The van der Waals surface area contributed by atoms with Crippen LogP contribution in [0.1, 0.15) is 15.9 Å². The highest BCUT2D eigenvalue weighted by molar-refractivity contribution is 6.39. The molecule has 0 bridgehead atoms. The first-order chi connectivity index (χ1) is 17.8. The molecule has 0 fully saturated rings. The number of anilines is 3. The van der Waals surface area contributed by atoms with E-state index in [9.17, 15) is 31.1 Å². The number of aromatic nitrogens is 4. The third-order valence-electron chi connectivity index (χ3n) is 4.97. The molecule has 1 amide bonds. The van der Waals surface area contributed by atoms with E-state index in [2.05, 4.69) is 25.6 Å². The maximum absolute atomic E-state index is 13.5. The van der Waals surface area contributed by atoms with E-state index in [0.29, 0.717) is 12.1 Å². The number of amides is 1. The van der Waals surface area contributed by atoms with Crippen LogP contribution in [0.2, 0.25) is 10.0 Å². The summed E-state index contributed by atoms with van der Waals surface area (Å²) in [6.07, 6.45) is -6.77. The van der Waals surface area contributed by atoms with Crippen LogP contribution in [0.15, 0.2) is 36.5 Å². The molecular formula is C22H14Cl2F6N6O2. The maximum atomic E-state index is 13.5. The molecule has 38 heavy (non-hydrogen) atoms. The summed E-state index contributed by atoms with van der Waals surface area (Å²) in [5, 5.41) is 4.84. The molecule has 2 N–H and O–H groups in total. The van der Waals surface area contributed by atoms with Crippen molar-refractivity contribution in [1.29, 1.82) is 0 Å². The smallest absolute Gasteiger partial charge is 0.416 e. The largest absolute Gasteiger partial charge is 0.471 e. The van der Waals surface area contributed by atoms with E-state index in [1.807, 2.05) is 0 Å². The van der Waals surface area contributed by atoms with Gasteiger partial charge in [-0.05, 0) is 30.3 Å². The number of carbonyl (C=O) groups excluding carboxylic acids is 1. The Hall–Kier alpha value is -3.78. The molecule has 0 saturated heterocycles. The van der Waals surface area contributed by atoms with Crippen molar-refractivity contribution in [1.82, 2.24) is 19.5 Å². The second-order valence-corrected chi connectivity index (χ2v) is 8.45. The summed E-state index contributed by atoms with van der Waals surface area (Å²) in [4.78, 5) is 25.0. The number of fused-ring (bicyclic) bond motifs is 1. The van der Waals surface area contributed by atoms with E-state index in [1.54, 1.807) is 0 Å². The summed E-state index contributed by atoms with van der Waals surface area (Å²) < 4.78 is 84.6. The molecule has 0 spiro atoms. The number of pyridine rings is 2. The Morgan fingerprint density at radius 3 is 2.45 bits per heavy atom. The molecular weight excluding hydrogens is 565 g/mol. The first kappa shape index (κ1) is 27.3. The lowest BCUT2D eigenvalue weighted by Gasteiger charge is -2.12. The van der Waals surface area contributed by atoms with E-state index in [-0.39, 0.29) is 32.8 Å². The monoisotopic (exact) mass is 578 g/mol. The molecule has 0 aliphatic heterocycles. The van der Waals surface area contributed by atoms with Crippen molar-refractivity contribution in [3.05, 3.63) is 63.5 Å². The van der Waals surface area contributed by atoms with Crippen LogP contribution in [0.25, 0.3) is 11.2 Å². The van der Waals surface area contributed by atoms with E-state index in [0.717, 1.165) is 24.4 Å². The van der Waals surface area contributed by atoms with E-state index >= 15 is 0 Å². The SMILES string of the molecule is Cn1c(Nc2c(Cl)cc(F)cc2Cl)nc2cc(C(=O)Nc3cc(C(F)(F)F)ccn3)c(OCC(F)F)nc21. The van der Waals surface area contributed by atoms with E-state index in [4.69, 9.17) is 27.9 Å². The highest BCUT2D eigenvalue weighted by atomic mass is 35.5. The van der Waals surface area contributed by atoms with Gasteiger partial charge < -0.3 is 15.4 Å². The number of hydrogen-bond donors (Lipinski definition) is 2. The molecule has 8 nitrogen and oxygen atoms in total. The van der Waals surface area contributed by atoms with E-state index in [1.165, 1.54) is 11.6 Å². The second-order valence-electron chi connectivity index (χ2n) is 7.63. The number of aryl methyl sites for hydroxylation is 1. The molecule has 0 aliphatic carbocycles. The van der Waals surface area contributed by atoms with Crippen LogP contribution < -0.4 is 15.4 Å². The van der Waals surface area contributed by atoms with Crippen LogP contribution in [-0.4, -0.2) is 38.5 Å².